The first-order valence-electron chi connectivity index (χ1n) is 6.85. The fourth-order valence-electron chi connectivity index (χ4n) is 2.17. The van der Waals surface area contributed by atoms with E-state index in [2.05, 4.69) is 10.4 Å². The van der Waals surface area contributed by atoms with Crippen molar-refractivity contribution >= 4 is 11.9 Å². The van der Waals surface area contributed by atoms with Crippen LogP contribution in [0.15, 0.2) is 0 Å². The summed E-state index contributed by atoms with van der Waals surface area (Å²) in [5.41, 5.74) is 3.07. The number of carbonyl (C=O) groups excluding carboxylic acids is 1. The summed E-state index contributed by atoms with van der Waals surface area (Å²) in [6.07, 6.45) is 0.330. The molecule has 0 aliphatic heterocycles. The molecule has 1 amide bonds. The van der Waals surface area contributed by atoms with Gasteiger partial charge in [0.2, 0.25) is 5.91 Å². The molecule has 0 aliphatic rings. The van der Waals surface area contributed by atoms with Crippen LogP contribution in [0.5, 0.6) is 0 Å². The third kappa shape index (κ3) is 5.18. The number of methoxy groups -OCH3 is 1. The first-order chi connectivity index (χ1) is 9.85. The van der Waals surface area contributed by atoms with E-state index >= 15 is 0 Å². The molecule has 0 aromatic carbocycles. The van der Waals surface area contributed by atoms with Gasteiger partial charge >= 0.3 is 5.97 Å². The van der Waals surface area contributed by atoms with Gasteiger partial charge in [0.1, 0.15) is 0 Å². The number of ether oxygens (including phenoxy) is 1. The number of carbonyl (C=O) groups is 2. The number of hydrogen-bond donors (Lipinski definition) is 2. The van der Waals surface area contributed by atoms with E-state index in [1.807, 2.05) is 20.9 Å². The number of hydrogen-bond acceptors (Lipinski definition) is 4. The Bertz CT molecular complexity index is 511. The number of amides is 1. The lowest BCUT2D eigenvalue weighted by atomic mass is 10.1. The van der Waals surface area contributed by atoms with Gasteiger partial charge in [-0.3, -0.25) is 14.3 Å². The highest BCUT2D eigenvalue weighted by Gasteiger charge is 2.15. The zero-order valence-corrected chi connectivity index (χ0v) is 13.0. The summed E-state index contributed by atoms with van der Waals surface area (Å²) in [6.45, 7) is 4.10. The fourth-order valence-corrected chi connectivity index (χ4v) is 2.17. The molecule has 1 aromatic rings. The number of nitrogens with one attached hydrogen (secondary N) is 1. The molecular weight excluding hydrogens is 274 g/mol. The van der Waals surface area contributed by atoms with Gasteiger partial charge < -0.3 is 15.2 Å². The standard InChI is InChI=1S/C14H23N3O4/c1-9-12(10(2)17(3)16-9)5-6-13(18)15-8-11(21-4)7-14(19)20/h11H,5-8H2,1-4H3,(H,15,18)(H,19,20). The predicted octanol–water partition coefficient (Wildman–Crippen LogP) is 0.575. The van der Waals surface area contributed by atoms with Crippen molar-refractivity contribution in [2.45, 2.75) is 39.2 Å². The van der Waals surface area contributed by atoms with E-state index in [4.69, 9.17) is 9.84 Å². The normalized spacial score (nSPS) is 12.2. The summed E-state index contributed by atoms with van der Waals surface area (Å²) in [5, 5.41) is 15.7. The van der Waals surface area contributed by atoms with Crippen molar-refractivity contribution in [3.8, 4) is 0 Å². The average Bonchev–Trinajstić information content (AvgIpc) is 2.65. The number of carboxylic acids is 1. The molecule has 118 valence electrons. The molecule has 1 rings (SSSR count). The van der Waals surface area contributed by atoms with Gasteiger partial charge in [-0.15, -0.1) is 0 Å². The number of aliphatic carboxylic acids is 1. The Morgan fingerprint density at radius 2 is 2.10 bits per heavy atom. The number of nitrogens with zero attached hydrogens (tertiary/aromatic N) is 2. The SMILES string of the molecule is COC(CNC(=O)CCc1c(C)nn(C)c1C)CC(=O)O. The Hall–Kier alpha value is -1.89. The third-order valence-electron chi connectivity index (χ3n) is 3.52. The summed E-state index contributed by atoms with van der Waals surface area (Å²) < 4.78 is 6.81. The van der Waals surface area contributed by atoms with Crippen LogP contribution in [0, 0.1) is 13.8 Å². The largest absolute Gasteiger partial charge is 0.481 e. The van der Waals surface area contributed by atoms with Crippen LogP contribution in [0.3, 0.4) is 0 Å². The summed E-state index contributed by atoms with van der Waals surface area (Å²) in [6, 6.07) is 0. The molecule has 7 heteroatoms. The maximum atomic E-state index is 11.8. The van der Waals surface area contributed by atoms with Gasteiger partial charge in [0.25, 0.3) is 0 Å². The number of aryl methyl sites for hydroxylation is 2. The first kappa shape index (κ1) is 17.2. The Labute approximate surface area is 124 Å². The van der Waals surface area contributed by atoms with Crippen LogP contribution in [-0.2, 0) is 27.8 Å². The summed E-state index contributed by atoms with van der Waals surface area (Å²) in [5.74, 6) is -1.07. The smallest absolute Gasteiger partial charge is 0.306 e. The molecule has 0 saturated heterocycles. The van der Waals surface area contributed by atoms with Crippen LogP contribution in [0.1, 0.15) is 29.8 Å². The Morgan fingerprint density at radius 3 is 2.57 bits per heavy atom. The molecule has 7 nitrogen and oxygen atoms in total. The summed E-state index contributed by atoms with van der Waals surface area (Å²) >= 11 is 0. The van der Waals surface area contributed by atoms with Crippen LogP contribution in [-0.4, -0.2) is 46.5 Å². The van der Waals surface area contributed by atoms with Crippen LogP contribution >= 0.6 is 0 Å². The highest BCUT2D eigenvalue weighted by atomic mass is 16.5. The van der Waals surface area contributed by atoms with E-state index in [1.54, 1.807) is 4.68 Å². The molecule has 1 aromatic heterocycles. The monoisotopic (exact) mass is 297 g/mol. The van der Waals surface area contributed by atoms with Crippen molar-refractivity contribution in [3.05, 3.63) is 17.0 Å². The van der Waals surface area contributed by atoms with Gasteiger partial charge in [-0.1, -0.05) is 0 Å². The van der Waals surface area contributed by atoms with Gasteiger partial charge in [0.05, 0.1) is 18.2 Å². The molecule has 0 aliphatic carbocycles. The zero-order chi connectivity index (χ0) is 16.0. The molecule has 1 unspecified atom stereocenters. The van der Waals surface area contributed by atoms with Crippen LogP contribution in [0.4, 0.5) is 0 Å². The fraction of sp³-hybridized carbons (Fsp3) is 0.643. The molecule has 0 fully saturated rings. The van der Waals surface area contributed by atoms with Gasteiger partial charge in [-0.25, -0.2) is 0 Å². The number of aromatic nitrogens is 2. The summed E-state index contributed by atoms with van der Waals surface area (Å²) in [7, 11) is 3.31. The lowest BCUT2D eigenvalue weighted by Crippen LogP contribution is -2.34. The second-order valence-electron chi connectivity index (χ2n) is 5.03. The average molecular weight is 297 g/mol. The molecule has 21 heavy (non-hydrogen) atoms. The van der Waals surface area contributed by atoms with Crippen molar-refractivity contribution < 1.29 is 19.4 Å². The van der Waals surface area contributed by atoms with Gasteiger partial charge in [0, 0.05) is 32.8 Å². The minimum Gasteiger partial charge on any atom is -0.481 e. The van der Waals surface area contributed by atoms with Crippen molar-refractivity contribution in [3.63, 3.8) is 0 Å². The highest BCUT2D eigenvalue weighted by molar-refractivity contribution is 5.76. The van der Waals surface area contributed by atoms with Crippen LogP contribution < -0.4 is 5.32 Å². The molecule has 1 atom stereocenters. The molecule has 0 bridgehead atoms. The second kappa shape index (κ2) is 7.78. The highest BCUT2D eigenvalue weighted by Crippen LogP contribution is 2.13. The molecular formula is C14H23N3O4. The Balaban J connectivity index is 2.42. The quantitative estimate of drug-likeness (QED) is 0.732. The van der Waals surface area contributed by atoms with Crippen molar-refractivity contribution in [1.29, 1.82) is 0 Å². The van der Waals surface area contributed by atoms with Crippen LogP contribution in [0.2, 0.25) is 0 Å². The maximum Gasteiger partial charge on any atom is 0.306 e. The number of rotatable bonds is 8. The van der Waals surface area contributed by atoms with E-state index in [0.717, 1.165) is 17.0 Å². The lowest BCUT2D eigenvalue weighted by Gasteiger charge is -2.13. The van der Waals surface area contributed by atoms with Crippen molar-refractivity contribution in [2.75, 3.05) is 13.7 Å². The van der Waals surface area contributed by atoms with Gasteiger partial charge in [-0.2, -0.15) is 5.10 Å². The molecule has 0 spiro atoms. The Morgan fingerprint density at radius 1 is 1.43 bits per heavy atom. The summed E-state index contributed by atoms with van der Waals surface area (Å²) in [4.78, 5) is 22.4. The lowest BCUT2D eigenvalue weighted by molar-refractivity contribution is -0.140. The van der Waals surface area contributed by atoms with E-state index in [9.17, 15) is 9.59 Å². The van der Waals surface area contributed by atoms with Gasteiger partial charge in [-0.05, 0) is 25.8 Å². The number of carboxylic acid groups (broad SMARTS) is 1. The first-order valence-corrected chi connectivity index (χ1v) is 6.85. The Kier molecular flexibility index (Phi) is 6.36. The molecule has 1 heterocycles. The van der Waals surface area contributed by atoms with E-state index in [0.29, 0.717) is 12.8 Å². The minimum absolute atomic E-state index is 0.120. The molecule has 0 radical (unpaired) electrons. The van der Waals surface area contributed by atoms with Gasteiger partial charge in [0.15, 0.2) is 0 Å². The van der Waals surface area contributed by atoms with Crippen LogP contribution in [0.25, 0.3) is 0 Å². The zero-order valence-electron chi connectivity index (χ0n) is 13.0. The second-order valence-corrected chi connectivity index (χ2v) is 5.03. The maximum absolute atomic E-state index is 11.8. The topological polar surface area (TPSA) is 93.5 Å². The van der Waals surface area contributed by atoms with Crippen molar-refractivity contribution in [1.82, 2.24) is 15.1 Å². The van der Waals surface area contributed by atoms with E-state index in [-0.39, 0.29) is 18.9 Å². The third-order valence-corrected chi connectivity index (χ3v) is 3.52. The minimum atomic E-state index is -0.947. The predicted molar refractivity (Wildman–Crippen MR) is 77.1 cm³/mol. The van der Waals surface area contributed by atoms with E-state index < -0.39 is 12.1 Å². The van der Waals surface area contributed by atoms with E-state index in [1.165, 1.54) is 7.11 Å². The van der Waals surface area contributed by atoms with Crippen molar-refractivity contribution in [2.24, 2.45) is 7.05 Å². The molecule has 0 saturated carbocycles. The molecule has 2 N–H and O–H groups in total.